The van der Waals surface area contributed by atoms with E-state index in [0.29, 0.717) is 6.04 Å². The summed E-state index contributed by atoms with van der Waals surface area (Å²) < 4.78 is 0. The molecule has 0 aromatic heterocycles. The molecule has 86 valence electrons. The number of hydrazine groups is 1. The van der Waals surface area contributed by atoms with E-state index < -0.39 is 0 Å². The largest absolute Gasteiger partial charge is 0.257 e. The highest BCUT2D eigenvalue weighted by Crippen LogP contribution is 2.23. The molecule has 1 heterocycles. The fourth-order valence-electron chi connectivity index (χ4n) is 2.27. The quantitative estimate of drug-likeness (QED) is 0.819. The van der Waals surface area contributed by atoms with Crippen molar-refractivity contribution in [2.75, 3.05) is 6.54 Å². The zero-order chi connectivity index (χ0) is 11.5. The van der Waals surface area contributed by atoms with Crippen LogP contribution in [0, 0.1) is 0 Å². The van der Waals surface area contributed by atoms with Crippen molar-refractivity contribution in [2.24, 2.45) is 0 Å². The van der Waals surface area contributed by atoms with Gasteiger partial charge in [-0.1, -0.05) is 54.6 Å². The van der Waals surface area contributed by atoms with E-state index in [1.165, 1.54) is 16.7 Å². The van der Waals surface area contributed by atoms with E-state index >= 15 is 0 Å². The summed E-state index contributed by atoms with van der Waals surface area (Å²) in [5.41, 5.74) is 10.4. The van der Waals surface area contributed by atoms with Crippen LogP contribution in [0.25, 0.3) is 11.1 Å². The van der Waals surface area contributed by atoms with Crippen LogP contribution in [0.3, 0.4) is 0 Å². The van der Waals surface area contributed by atoms with Gasteiger partial charge in [-0.3, -0.25) is 10.9 Å². The van der Waals surface area contributed by atoms with Gasteiger partial charge in [-0.05, 0) is 23.1 Å². The predicted molar refractivity (Wildman–Crippen MR) is 70.4 cm³/mol. The van der Waals surface area contributed by atoms with Gasteiger partial charge in [-0.25, -0.2) is 0 Å². The molecule has 1 saturated heterocycles. The van der Waals surface area contributed by atoms with E-state index in [1.807, 2.05) is 6.07 Å². The average molecular weight is 224 g/mol. The first-order valence-electron chi connectivity index (χ1n) is 6.07. The van der Waals surface area contributed by atoms with Gasteiger partial charge in [-0.2, -0.15) is 0 Å². The SMILES string of the molecule is c1ccc(-c2ccc(C3CCNN3)cc2)cc1. The van der Waals surface area contributed by atoms with Crippen molar-refractivity contribution in [3.63, 3.8) is 0 Å². The minimum Gasteiger partial charge on any atom is -0.257 e. The van der Waals surface area contributed by atoms with Crippen LogP contribution < -0.4 is 10.9 Å². The van der Waals surface area contributed by atoms with Crippen LogP contribution in [0.4, 0.5) is 0 Å². The normalized spacial score (nSPS) is 19.4. The molecule has 2 heteroatoms. The second-order valence-corrected chi connectivity index (χ2v) is 4.40. The molecule has 1 atom stereocenters. The van der Waals surface area contributed by atoms with E-state index in [0.717, 1.165) is 13.0 Å². The summed E-state index contributed by atoms with van der Waals surface area (Å²) in [6.07, 6.45) is 1.16. The third kappa shape index (κ3) is 2.23. The first kappa shape index (κ1) is 10.5. The third-order valence-electron chi connectivity index (χ3n) is 3.25. The number of rotatable bonds is 2. The third-order valence-corrected chi connectivity index (χ3v) is 3.25. The minimum atomic E-state index is 0.458. The summed E-state index contributed by atoms with van der Waals surface area (Å²) in [7, 11) is 0. The molecule has 17 heavy (non-hydrogen) atoms. The van der Waals surface area contributed by atoms with E-state index in [2.05, 4.69) is 59.4 Å². The summed E-state index contributed by atoms with van der Waals surface area (Å²) in [6.45, 7) is 1.05. The Morgan fingerprint density at radius 2 is 1.53 bits per heavy atom. The van der Waals surface area contributed by atoms with Gasteiger partial charge in [-0.15, -0.1) is 0 Å². The van der Waals surface area contributed by atoms with Crippen molar-refractivity contribution in [2.45, 2.75) is 12.5 Å². The maximum atomic E-state index is 3.28. The van der Waals surface area contributed by atoms with Crippen LogP contribution in [0.1, 0.15) is 18.0 Å². The molecule has 1 aliphatic rings. The summed E-state index contributed by atoms with van der Waals surface area (Å²) in [4.78, 5) is 0. The molecular weight excluding hydrogens is 208 g/mol. The molecule has 2 aromatic carbocycles. The molecule has 1 fully saturated rings. The van der Waals surface area contributed by atoms with Gasteiger partial charge in [0, 0.05) is 12.6 Å². The maximum absolute atomic E-state index is 3.28. The average Bonchev–Trinajstić information content (AvgIpc) is 2.94. The number of benzene rings is 2. The lowest BCUT2D eigenvalue weighted by atomic mass is 10.0. The summed E-state index contributed by atoms with van der Waals surface area (Å²) >= 11 is 0. The summed E-state index contributed by atoms with van der Waals surface area (Å²) in [5.74, 6) is 0. The van der Waals surface area contributed by atoms with Crippen LogP contribution in [-0.2, 0) is 0 Å². The smallest absolute Gasteiger partial charge is 0.0475 e. The fourth-order valence-corrected chi connectivity index (χ4v) is 2.27. The first-order valence-corrected chi connectivity index (χ1v) is 6.07. The molecule has 0 saturated carbocycles. The molecule has 0 spiro atoms. The minimum absolute atomic E-state index is 0.458. The van der Waals surface area contributed by atoms with E-state index in [9.17, 15) is 0 Å². The highest BCUT2D eigenvalue weighted by atomic mass is 15.4. The first-order chi connectivity index (χ1) is 8.43. The van der Waals surface area contributed by atoms with Gasteiger partial charge >= 0.3 is 0 Å². The lowest BCUT2D eigenvalue weighted by molar-refractivity contribution is 0.581. The Hall–Kier alpha value is -1.64. The van der Waals surface area contributed by atoms with Crippen LogP contribution in [0.5, 0.6) is 0 Å². The Morgan fingerprint density at radius 1 is 0.824 bits per heavy atom. The number of hydrogen-bond acceptors (Lipinski definition) is 2. The monoisotopic (exact) mass is 224 g/mol. The Kier molecular flexibility index (Phi) is 2.90. The van der Waals surface area contributed by atoms with Crippen molar-refractivity contribution in [3.8, 4) is 11.1 Å². The Labute approximate surface area is 102 Å². The summed E-state index contributed by atoms with van der Waals surface area (Å²) in [5, 5.41) is 0. The molecule has 1 unspecified atom stereocenters. The molecule has 0 amide bonds. The van der Waals surface area contributed by atoms with Gasteiger partial charge in [0.2, 0.25) is 0 Å². The Bertz CT molecular complexity index is 470. The molecule has 0 bridgehead atoms. The van der Waals surface area contributed by atoms with E-state index in [1.54, 1.807) is 0 Å². The van der Waals surface area contributed by atoms with Crippen molar-refractivity contribution in [3.05, 3.63) is 60.2 Å². The molecule has 3 rings (SSSR count). The molecule has 2 aromatic rings. The number of hydrogen-bond donors (Lipinski definition) is 2. The second kappa shape index (κ2) is 4.70. The van der Waals surface area contributed by atoms with E-state index in [4.69, 9.17) is 0 Å². The van der Waals surface area contributed by atoms with Crippen LogP contribution in [0.2, 0.25) is 0 Å². The number of nitrogens with one attached hydrogen (secondary N) is 2. The lowest BCUT2D eigenvalue weighted by Gasteiger charge is -2.10. The van der Waals surface area contributed by atoms with Gasteiger partial charge < -0.3 is 0 Å². The van der Waals surface area contributed by atoms with E-state index in [-0.39, 0.29) is 0 Å². The van der Waals surface area contributed by atoms with Crippen molar-refractivity contribution in [1.82, 2.24) is 10.9 Å². The van der Waals surface area contributed by atoms with Crippen molar-refractivity contribution >= 4 is 0 Å². The zero-order valence-electron chi connectivity index (χ0n) is 9.69. The Balaban J connectivity index is 1.85. The van der Waals surface area contributed by atoms with Crippen LogP contribution >= 0.6 is 0 Å². The molecule has 1 aliphatic heterocycles. The molecule has 2 nitrogen and oxygen atoms in total. The molecule has 2 N–H and O–H groups in total. The second-order valence-electron chi connectivity index (χ2n) is 4.40. The molecular formula is C15H16N2. The molecule has 0 aliphatic carbocycles. The standard InChI is InChI=1S/C15H16N2/c1-2-4-12(5-3-1)13-6-8-14(9-7-13)15-10-11-16-17-15/h1-9,15-17H,10-11H2. The highest BCUT2D eigenvalue weighted by molar-refractivity contribution is 5.63. The fraction of sp³-hybridized carbons (Fsp3) is 0.200. The van der Waals surface area contributed by atoms with Gasteiger partial charge in [0.1, 0.15) is 0 Å². The maximum Gasteiger partial charge on any atom is 0.0475 e. The zero-order valence-corrected chi connectivity index (χ0v) is 9.69. The van der Waals surface area contributed by atoms with Crippen LogP contribution in [0.15, 0.2) is 54.6 Å². The van der Waals surface area contributed by atoms with Crippen molar-refractivity contribution < 1.29 is 0 Å². The molecule has 0 radical (unpaired) electrons. The van der Waals surface area contributed by atoms with Gasteiger partial charge in [0.05, 0.1) is 0 Å². The summed E-state index contributed by atoms with van der Waals surface area (Å²) in [6, 6.07) is 19.8. The van der Waals surface area contributed by atoms with Gasteiger partial charge in [0.15, 0.2) is 0 Å². The predicted octanol–water partition coefficient (Wildman–Crippen LogP) is 2.89. The topological polar surface area (TPSA) is 24.1 Å². The highest BCUT2D eigenvalue weighted by Gasteiger charge is 2.15. The van der Waals surface area contributed by atoms with Gasteiger partial charge in [0.25, 0.3) is 0 Å². The van der Waals surface area contributed by atoms with Crippen LogP contribution in [-0.4, -0.2) is 6.54 Å². The Morgan fingerprint density at radius 3 is 2.18 bits per heavy atom. The lowest BCUT2D eigenvalue weighted by Crippen LogP contribution is -2.24. The van der Waals surface area contributed by atoms with Crippen molar-refractivity contribution in [1.29, 1.82) is 0 Å².